The number of nitrogens with one attached hydrogen (secondary N) is 1. The normalized spacial score (nSPS) is 19.8. The number of nitrogens with two attached hydrogens (primary N) is 1. The summed E-state index contributed by atoms with van der Waals surface area (Å²) in [5, 5.41) is 12.3. The number of carboxylic acid groups (broad SMARTS) is 1. The zero-order valence-corrected chi connectivity index (χ0v) is 22.2. The summed E-state index contributed by atoms with van der Waals surface area (Å²) in [4.78, 5) is 26.8. The van der Waals surface area contributed by atoms with Gasteiger partial charge in [-0.15, -0.1) is 0 Å². The molecule has 9 heteroatoms. The van der Waals surface area contributed by atoms with Gasteiger partial charge in [0.2, 0.25) is 5.91 Å². The molecule has 2 aromatic carbocycles. The van der Waals surface area contributed by atoms with Crippen molar-refractivity contribution in [3.63, 3.8) is 0 Å². The van der Waals surface area contributed by atoms with Gasteiger partial charge in [-0.2, -0.15) is 24.4 Å². The summed E-state index contributed by atoms with van der Waals surface area (Å²) in [6.45, 7) is 1.05. The molecule has 1 heterocycles. The maximum absolute atomic E-state index is 13.1. The Balaban J connectivity index is 1.68. The number of thiol groups is 1. The Morgan fingerprint density at radius 3 is 2.56 bits per heavy atom. The molecule has 0 aromatic heterocycles. The highest BCUT2D eigenvalue weighted by Crippen LogP contribution is 2.26. The molecule has 4 atom stereocenters. The van der Waals surface area contributed by atoms with Crippen LogP contribution in [0.3, 0.4) is 0 Å². The highest BCUT2D eigenvalue weighted by molar-refractivity contribution is 7.98. The predicted octanol–water partition coefficient (Wildman–Crippen LogP) is 3.31. The molecule has 1 amide bonds. The molecule has 1 aliphatic rings. The first kappa shape index (κ1) is 28.1. The van der Waals surface area contributed by atoms with E-state index in [1.54, 1.807) is 11.8 Å². The molecular weight excluding hydrogens is 494 g/mol. The van der Waals surface area contributed by atoms with E-state index in [4.69, 9.17) is 10.5 Å². The molecular formula is C27H35N3O4S2. The number of carbonyl (C=O) groups excluding carboxylic acids is 1. The van der Waals surface area contributed by atoms with Crippen LogP contribution in [0, 0.1) is 0 Å². The molecule has 194 valence electrons. The Morgan fingerprint density at radius 1 is 1.22 bits per heavy atom. The Bertz CT molecular complexity index is 1000. The number of carboxylic acids is 1. The second-order valence-electron chi connectivity index (χ2n) is 8.79. The van der Waals surface area contributed by atoms with Crippen molar-refractivity contribution in [3.05, 3.63) is 66.7 Å². The van der Waals surface area contributed by atoms with E-state index >= 15 is 0 Å². The monoisotopic (exact) mass is 529 g/mol. The van der Waals surface area contributed by atoms with Crippen molar-refractivity contribution < 1.29 is 19.4 Å². The SMILES string of the molecule is CSCC[C@H](NC(=O)[C@@H]1C[C@H](Oc2ccc(-c3ccccc3)cc2)CN1C/C=C/[C@@H](N)CS)C(=O)O. The third-order valence-corrected chi connectivity index (χ3v) is 7.16. The number of aliphatic carboxylic acids is 1. The maximum Gasteiger partial charge on any atom is 0.326 e. The van der Waals surface area contributed by atoms with Crippen LogP contribution in [-0.4, -0.2) is 77.0 Å². The number of hydrogen-bond acceptors (Lipinski definition) is 7. The topological polar surface area (TPSA) is 105 Å². The van der Waals surface area contributed by atoms with Gasteiger partial charge in [0.1, 0.15) is 17.9 Å². The van der Waals surface area contributed by atoms with E-state index in [0.717, 1.165) is 16.9 Å². The Hall–Kier alpha value is -2.46. The van der Waals surface area contributed by atoms with Crippen LogP contribution >= 0.6 is 24.4 Å². The quantitative estimate of drug-likeness (QED) is 0.233. The summed E-state index contributed by atoms with van der Waals surface area (Å²) >= 11 is 5.75. The van der Waals surface area contributed by atoms with Crippen LogP contribution in [0.1, 0.15) is 12.8 Å². The minimum atomic E-state index is -1.02. The fourth-order valence-electron chi connectivity index (χ4n) is 4.16. The van der Waals surface area contributed by atoms with Crippen LogP contribution in [0.5, 0.6) is 5.75 Å². The zero-order chi connectivity index (χ0) is 25.9. The van der Waals surface area contributed by atoms with Gasteiger partial charge >= 0.3 is 5.97 Å². The van der Waals surface area contributed by atoms with E-state index in [-0.39, 0.29) is 18.1 Å². The van der Waals surface area contributed by atoms with Crippen LogP contribution in [0.25, 0.3) is 11.1 Å². The molecule has 2 aromatic rings. The molecule has 7 nitrogen and oxygen atoms in total. The van der Waals surface area contributed by atoms with Crippen molar-refractivity contribution in [2.75, 3.05) is 30.9 Å². The highest BCUT2D eigenvalue weighted by atomic mass is 32.2. The Kier molecular flexibility index (Phi) is 11.2. The molecule has 1 fully saturated rings. The standard InChI is InChI=1S/C27H35N3O4S2/c1-36-15-13-24(27(32)33)29-26(31)25-16-23(17-30(25)14-5-8-21(28)18-35)34-22-11-9-20(10-12-22)19-6-3-2-4-7-19/h2-12,21,23-25,35H,13-18,28H2,1H3,(H,29,31)(H,32,33)/b8-5+/t21-,23+,24+,25+/m1/s1. The van der Waals surface area contributed by atoms with Crippen molar-refractivity contribution in [1.29, 1.82) is 0 Å². The summed E-state index contributed by atoms with van der Waals surface area (Å²) in [6.07, 6.45) is 6.35. The zero-order valence-electron chi connectivity index (χ0n) is 20.5. The van der Waals surface area contributed by atoms with Gasteiger partial charge in [0, 0.05) is 31.3 Å². The fourth-order valence-corrected chi connectivity index (χ4v) is 4.76. The van der Waals surface area contributed by atoms with Gasteiger partial charge in [-0.3, -0.25) is 9.69 Å². The van der Waals surface area contributed by atoms with Crippen LogP contribution in [0.4, 0.5) is 0 Å². The summed E-state index contributed by atoms with van der Waals surface area (Å²) in [6, 6.07) is 16.5. The molecule has 1 aliphatic heterocycles. The fraction of sp³-hybridized carbons (Fsp3) is 0.407. The first-order valence-corrected chi connectivity index (χ1v) is 14.0. The number of likely N-dealkylation sites (tertiary alicyclic amines) is 1. The number of thioether (sulfide) groups is 1. The lowest BCUT2D eigenvalue weighted by Gasteiger charge is -2.24. The van der Waals surface area contributed by atoms with Crippen LogP contribution < -0.4 is 15.8 Å². The summed E-state index contributed by atoms with van der Waals surface area (Å²) < 4.78 is 6.24. The molecule has 3 rings (SSSR count). The summed E-state index contributed by atoms with van der Waals surface area (Å²) in [7, 11) is 0. The van der Waals surface area contributed by atoms with Gasteiger partial charge < -0.3 is 20.9 Å². The number of amides is 1. The largest absolute Gasteiger partial charge is 0.489 e. The predicted molar refractivity (Wildman–Crippen MR) is 150 cm³/mol. The van der Waals surface area contributed by atoms with E-state index in [9.17, 15) is 14.7 Å². The van der Waals surface area contributed by atoms with Gasteiger partial charge in [0.25, 0.3) is 0 Å². The molecule has 0 radical (unpaired) electrons. The maximum atomic E-state index is 13.1. The molecule has 1 saturated heterocycles. The van der Waals surface area contributed by atoms with Gasteiger partial charge in [-0.1, -0.05) is 54.6 Å². The van der Waals surface area contributed by atoms with Gasteiger partial charge in [-0.25, -0.2) is 4.79 Å². The molecule has 0 bridgehead atoms. The lowest BCUT2D eigenvalue weighted by atomic mass is 10.1. The molecule has 36 heavy (non-hydrogen) atoms. The number of hydrogen-bond donors (Lipinski definition) is 4. The molecule has 4 N–H and O–H groups in total. The van der Waals surface area contributed by atoms with Crippen molar-refractivity contribution in [2.24, 2.45) is 5.73 Å². The number of rotatable bonds is 13. The van der Waals surface area contributed by atoms with Crippen molar-refractivity contribution in [1.82, 2.24) is 10.2 Å². The molecule has 0 aliphatic carbocycles. The van der Waals surface area contributed by atoms with Crippen molar-refractivity contribution in [2.45, 2.75) is 37.1 Å². The lowest BCUT2D eigenvalue weighted by molar-refractivity contribution is -0.142. The third kappa shape index (κ3) is 8.30. The average Bonchev–Trinajstić information content (AvgIpc) is 3.29. The summed E-state index contributed by atoms with van der Waals surface area (Å²) in [5.41, 5.74) is 8.16. The molecule has 0 spiro atoms. The smallest absolute Gasteiger partial charge is 0.326 e. The average molecular weight is 530 g/mol. The van der Waals surface area contributed by atoms with Crippen LogP contribution in [-0.2, 0) is 9.59 Å². The minimum Gasteiger partial charge on any atom is -0.489 e. The minimum absolute atomic E-state index is 0.165. The van der Waals surface area contributed by atoms with E-state index in [1.165, 1.54) is 0 Å². The Morgan fingerprint density at radius 2 is 1.92 bits per heavy atom. The Labute approximate surface area is 222 Å². The number of ether oxygens (including phenoxy) is 1. The van der Waals surface area contributed by atoms with E-state index in [0.29, 0.717) is 37.4 Å². The van der Waals surface area contributed by atoms with E-state index in [2.05, 4.69) is 30.1 Å². The summed E-state index contributed by atoms with van der Waals surface area (Å²) in [5.74, 6) is 0.604. The van der Waals surface area contributed by atoms with Gasteiger partial charge in [-0.05, 0) is 41.7 Å². The number of benzene rings is 2. The first-order valence-electron chi connectivity index (χ1n) is 12.0. The highest BCUT2D eigenvalue weighted by Gasteiger charge is 2.38. The van der Waals surface area contributed by atoms with Gasteiger partial charge in [0.05, 0.1) is 6.04 Å². The van der Waals surface area contributed by atoms with E-state index in [1.807, 2.05) is 65.8 Å². The third-order valence-electron chi connectivity index (χ3n) is 6.09. The second-order valence-corrected chi connectivity index (χ2v) is 10.1. The lowest BCUT2D eigenvalue weighted by Crippen LogP contribution is -2.49. The van der Waals surface area contributed by atoms with Crippen LogP contribution in [0.15, 0.2) is 66.7 Å². The second kappa shape index (κ2) is 14.3. The van der Waals surface area contributed by atoms with Crippen molar-refractivity contribution in [3.8, 4) is 16.9 Å². The molecule has 0 saturated carbocycles. The van der Waals surface area contributed by atoms with Crippen molar-refractivity contribution >= 4 is 36.3 Å². The number of carbonyl (C=O) groups is 2. The molecule has 0 unspecified atom stereocenters. The van der Waals surface area contributed by atoms with Gasteiger partial charge in [0.15, 0.2) is 0 Å². The first-order chi connectivity index (χ1) is 17.4. The van der Waals surface area contributed by atoms with Crippen LogP contribution in [0.2, 0.25) is 0 Å². The number of nitrogens with zero attached hydrogens (tertiary/aromatic N) is 1. The van der Waals surface area contributed by atoms with E-state index < -0.39 is 18.1 Å².